The van der Waals surface area contributed by atoms with Crippen LogP contribution in [0, 0.1) is 5.82 Å². The van der Waals surface area contributed by atoms with Crippen LogP contribution in [0.4, 0.5) is 4.39 Å². The highest BCUT2D eigenvalue weighted by Gasteiger charge is 2.49. The molecule has 112 valence electrons. The van der Waals surface area contributed by atoms with E-state index in [1.807, 2.05) is 0 Å². The molecule has 1 saturated heterocycles. The van der Waals surface area contributed by atoms with Gasteiger partial charge < -0.3 is 10.2 Å². The topological polar surface area (TPSA) is 49.4 Å². The molecule has 2 aliphatic rings. The van der Waals surface area contributed by atoms with Crippen molar-refractivity contribution >= 4 is 11.8 Å². The average molecular weight is 290 g/mol. The first kappa shape index (κ1) is 14.0. The maximum Gasteiger partial charge on any atom is 0.246 e. The SMILES string of the molecule is O=C1CNC(=O)C2(CCCCC2)N1Cc1ccccc1F. The minimum Gasteiger partial charge on any atom is -0.345 e. The van der Waals surface area contributed by atoms with Crippen molar-refractivity contribution < 1.29 is 14.0 Å². The lowest BCUT2D eigenvalue weighted by atomic mass is 9.78. The summed E-state index contributed by atoms with van der Waals surface area (Å²) in [5.74, 6) is -0.542. The fourth-order valence-electron chi connectivity index (χ4n) is 3.45. The van der Waals surface area contributed by atoms with Gasteiger partial charge in [0.2, 0.25) is 11.8 Å². The van der Waals surface area contributed by atoms with E-state index in [0.29, 0.717) is 18.4 Å². The number of nitrogens with zero attached hydrogens (tertiary/aromatic N) is 1. The van der Waals surface area contributed by atoms with Gasteiger partial charge >= 0.3 is 0 Å². The van der Waals surface area contributed by atoms with Crippen LogP contribution in [0.25, 0.3) is 0 Å². The number of nitrogens with one attached hydrogen (secondary N) is 1. The molecule has 1 aliphatic carbocycles. The van der Waals surface area contributed by atoms with Gasteiger partial charge in [0.15, 0.2) is 0 Å². The number of hydrogen-bond donors (Lipinski definition) is 1. The molecule has 0 aromatic heterocycles. The number of amides is 2. The van der Waals surface area contributed by atoms with Crippen LogP contribution in [0.3, 0.4) is 0 Å². The van der Waals surface area contributed by atoms with E-state index in [-0.39, 0.29) is 30.7 Å². The van der Waals surface area contributed by atoms with E-state index >= 15 is 0 Å². The van der Waals surface area contributed by atoms with Gasteiger partial charge in [-0.25, -0.2) is 4.39 Å². The summed E-state index contributed by atoms with van der Waals surface area (Å²) < 4.78 is 13.9. The van der Waals surface area contributed by atoms with Crippen molar-refractivity contribution in [1.29, 1.82) is 0 Å². The molecule has 3 rings (SSSR count). The molecule has 2 amide bonds. The Kier molecular flexibility index (Phi) is 3.66. The quantitative estimate of drug-likeness (QED) is 0.905. The molecular formula is C16H19FN2O2. The van der Waals surface area contributed by atoms with Crippen LogP contribution in [-0.2, 0) is 16.1 Å². The Hall–Kier alpha value is -1.91. The smallest absolute Gasteiger partial charge is 0.246 e. The van der Waals surface area contributed by atoms with Crippen molar-refractivity contribution in [2.75, 3.05) is 6.54 Å². The zero-order valence-corrected chi connectivity index (χ0v) is 11.9. The predicted molar refractivity (Wildman–Crippen MR) is 75.8 cm³/mol. The largest absolute Gasteiger partial charge is 0.345 e. The highest BCUT2D eigenvalue weighted by Crippen LogP contribution is 2.36. The van der Waals surface area contributed by atoms with Crippen molar-refractivity contribution in [3.8, 4) is 0 Å². The van der Waals surface area contributed by atoms with Crippen molar-refractivity contribution in [1.82, 2.24) is 10.2 Å². The minimum absolute atomic E-state index is 0.00896. The lowest BCUT2D eigenvalue weighted by Gasteiger charge is -2.47. The van der Waals surface area contributed by atoms with Gasteiger partial charge in [-0.1, -0.05) is 37.5 Å². The number of halogens is 1. The Morgan fingerprint density at radius 2 is 1.86 bits per heavy atom. The molecule has 5 heteroatoms. The first-order valence-electron chi connectivity index (χ1n) is 7.46. The second kappa shape index (κ2) is 5.47. The number of carbonyl (C=O) groups excluding carboxylic acids is 2. The van der Waals surface area contributed by atoms with Gasteiger partial charge in [-0.3, -0.25) is 9.59 Å². The second-order valence-corrected chi connectivity index (χ2v) is 5.85. The maximum absolute atomic E-state index is 13.9. The standard InChI is InChI=1S/C16H19FN2O2/c17-13-7-3-2-6-12(13)11-19-14(20)10-18-15(21)16(19)8-4-1-5-9-16/h2-3,6-7H,1,4-5,8-11H2,(H,18,21). The fourth-order valence-corrected chi connectivity index (χ4v) is 3.45. The normalized spacial score (nSPS) is 21.5. The Morgan fingerprint density at radius 1 is 1.14 bits per heavy atom. The van der Waals surface area contributed by atoms with Crippen LogP contribution < -0.4 is 5.32 Å². The van der Waals surface area contributed by atoms with Gasteiger partial charge in [-0.05, 0) is 18.9 Å². The second-order valence-electron chi connectivity index (χ2n) is 5.85. The number of hydrogen-bond acceptors (Lipinski definition) is 2. The third-order valence-corrected chi connectivity index (χ3v) is 4.61. The summed E-state index contributed by atoms with van der Waals surface area (Å²) in [5, 5.41) is 2.70. The molecule has 1 saturated carbocycles. The van der Waals surface area contributed by atoms with Crippen LogP contribution in [0.15, 0.2) is 24.3 Å². The molecule has 1 aromatic rings. The van der Waals surface area contributed by atoms with Gasteiger partial charge in [-0.2, -0.15) is 0 Å². The van der Waals surface area contributed by atoms with E-state index < -0.39 is 5.54 Å². The lowest BCUT2D eigenvalue weighted by Crippen LogP contribution is -2.67. The third kappa shape index (κ3) is 2.41. The van der Waals surface area contributed by atoms with Gasteiger partial charge in [-0.15, -0.1) is 0 Å². The van der Waals surface area contributed by atoms with Gasteiger partial charge in [0, 0.05) is 12.1 Å². The zero-order valence-electron chi connectivity index (χ0n) is 11.9. The van der Waals surface area contributed by atoms with Crippen molar-refractivity contribution in [2.24, 2.45) is 0 Å². The highest BCUT2D eigenvalue weighted by molar-refractivity contribution is 5.98. The van der Waals surface area contributed by atoms with Crippen molar-refractivity contribution in [3.05, 3.63) is 35.6 Å². The molecule has 21 heavy (non-hydrogen) atoms. The summed E-state index contributed by atoms with van der Waals surface area (Å²) in [4.78, 5) is 26.3. The van der Waals surface area contributed by atoms with Crippen LogP contribution >= 0.6 is 0 Å². The van der Waals surface area contributed by atoms with E-state index in [0.717, 1.165) is 19.3 Å². The van der Waals surface area contributed by atoms with Gasteiger partial charge in [0.05, 0.1) is 6.54 Å². The number of carbonyl (C=O) groups is 2. The van der Waals surface area contributed by atoms with E-state index in [4.69, 9.17) is 0 Å². The minimum atomic E-state index is -0.782. The first-order valence-corrected chi connectivity index (χ1v) is 7.46. The first-order chi connectivity index (χ1) is 10.1. The summed E-state index contributed by atoms with van der Waals surface area (Å²) in [6.07, 6.45) is 4.26. The van der Waals surface area contributed by atoms with Crippen LogP contribution in [0.5, 0.6) is 0 Å². The summed E-state index contributed by atoms with van der Waals surface area (Å²) in [6.45, 7) is 0.175. The van der Waals surface area contributed by atoms with Crippen LogP contribution in [0.2, 0.25) is 0 Å². The fraction of sp³-hybridized carbons (Fsp3) is 0.500. The number of rotatable bonds is 2. The highest BCUT2D eigenvalue weighted by atomic mass is 19.1. The maximum atomic E-state index is 13.9. The van der Waals surface area contributed by atoms with Crippen molar-refractivity contribution in [2.45, 2.75) is 44.2 Å². The molecule has 2 fully saturated rings. The average Bonchev–Trinajstić information content (AvgIpc) is 2.51. The number of piperazine rings is 1. The van der Waals surface area contributed by atoms with Gasteiger partial charge in [0.1, 0.15) is 11.4 Å². The van der Waals surface area contributed by atoms with Gasteiger partial charge in [0.25, 0.3) is 0 Å². The molecule has 1 heterocycles. The molecular weight excluding hydrogens is 271 g/mol. The lowest BCUT2D eigenvalue weighted by molar-refractivity contribution is -0.157. The Labute approximate surface area is 123 Å². The molecule has 0 atom stereocenters. The van der Waals surface area contributed by atoms with E-state index in [1.165, 1.54) is 6.07 Å². The number of benzene rings is 1. The monoisotopic (exact) mass is 290 g/mol. The van der Waals surface area contributed by atoms with E-state index in [2.05, 4.69) is 5.32 Å². The van der Waals surface area contributed by atoms with Crippen LogP contribution in [0.1, 0.15) is 37.7 Å². The Bertz CT molecular complexity index is 567. The summed E-state index contributed by atoms with van der Waals surface area (Å²) in [6, 6.07) is 6.43. The molecule has 1 aromatic carbocycles. The Balaban J connectivity index is 1.93. The predicted octanol–water partition coefficient (Wildman–Crippen LogP) is 1.99. The molecule has 1 spiro atoms. The summed E-state index contributed by atoms with van der Waals surface area (Å²) >= 11 is 0. The molecule has 1 N–H and O–H groups in total. The van der Waals surface area contributed by atoms with Crippen molar-refractivity contribution in [3.63, 3.8) is 0 Å². The zero-order chi connectivity index (χ0) is 14.9. The van der Waals surface area contributed by atoms with E-state index in [1.54, 1.807) is 23.1 Å². The third-order valence-electron chi connectivity index (χ3n) is 4.61. The van der Waals surface area contributed by atoms with Crippen LogP contribution in [-0.4, -0.2) is 28.8 Å². The Morgan fingerprint density at radius 3 is 2.57 bits per heavy atom. The molecule has 0 radical (unpaired) electrons. The summed E-state index contributed by atoms with van der Waals surface area (Å²) in [7, 11) is 0. The molecule has 0 unspecified atom stereocenters. The summed E-state index contributed by atoms with van der Waals surface area (Å²) in [5.41, 5.74) is -0.318. The van der Waals surface area contributed by atoms with E-state index in [9.17, 15) is 14.0 Å². The molecule has 1 aliphatic heterocycles. The molecule has 0 bridgehead atoms. The molecule has 4 nitrogen and oxygen atoms in total.